The summed E-state index contributed by atoms with van der Waals surface area (Å²) in [5, 5.41) is 3.53. The summed E-state index contributed by atoms with van der Waals surface area (Å²) in [6, 6.07) is 4.56. The van der Waals surface area contributed by atoms with E-state index in [9.17, 15) is 8.42 Å². The molecule has 0 aromatic carbocycles. The van der Waals surface area contributed by atoms with Crippen LogP contribution in [0.3, 0.4) is 0 Å². The van der Waals surface area contributed by atoms with Crippen LogP contribution >= 0.6 is 23.7 Å². The fourth-order valence-corrected chi connectivity index (χ4v) is 6.14. The summed E-state index contributed by atoms with van der Waals surface area (Å²) in [7, 11) is -3.34. The Labute approximate surface area is 143 Å². The molecule has 2 unspecified atom stereocenters. The van der Waals surface area contributed by atoms with E-state index >= 15 is 0 Å². The van der Waals surface area contributed by atoms with Crippen molar-refractivity contribution in [1.29, 1.82) is 0 Å². The number of rotatable bonds is 2. The van der Waals surface area contributed by atoms with Gasteiger partial charge in [-0.05, 0) is 36.8 Å². The van der Waals surface area contributed by atoms with E-state index in [1.54, 1.807) is 10.4 Å². The Hall–Kier alpha value is -0.140. The normalized spacial score (nSPS) is 26.5. The Kier molecular flexibility index (Phi) is 5.29. The minimum Gasteiger partial charge on any atom is -0.310 e. The third kappa shape index (κ3) is 3.51. The standard InChI is InChI=1S/C15H24N2O2S2.ClH/c1-15(2,3)13-6-7-14(20-13)21(18,19)17-9-8-11-4-5-12(10-17)16-11;/h6-7,11-12,16H,4-5,8-10H2,1-3H3;1H. The van der Waals surface area contributed by atoms with Crippen LogP contribution in [0.2, 0.25) is 0 Å². The minimum atomic E-state index is -3.34. The van der Waals surface area contributed by atoms with Crippen LogP contribution in [0.25, 0.3) is 0 Å². The molecule has 3 rings (SSSR count). The van der Waals surface area contributed by atoms with Gasteiger partial charge in [0.25, 0.3) is 10.0 Å². The minimum absolute atomic E-state index is 0. The predicted molar refractivity (Wildman–Crippen MR) is 93.6 cm³/mol. The van der Waals surface area contributed by atoms with Gasteiger partial charge >= 0.3 is 0 Å². The molecule has 0 amide bonds. The zero-order chi connectivity index (χ0) is 15.3. The van der Waals surface area contributed by atoms with E-state index in [4.69, 9.17) is 0 Å². The third-order valence-corrected chi connectivity index (χ3v) is 8.24. The van der Waals surface area contributed by atoms with Crippen molar-refractivity contribution in [3.63, 3.8) is 0 Å². The first-order valence-electron chi connectivity index (χ1n) is 7.63. The Morgan fingerprint density at radius 2 is 1.86 bits per heavy atom. The number of nitrogens with zero attached hydrogens (tertiary/aromatic N) is 1. The number of fused-ring (bicyclic) bond motifs is 2. The highest BCUT2D eigenvalue weighted by Crippen LogP contribution is 2.34. The molecule has 2 saturated heterocycles. The van der Waals surface area contributed by atoms with Gasteiger partial charge in [0.15, 0.2) is 0 Å². The topological polar surface area (TPSA) is 49.4 Å². The Balaban J connectivity index is 0.00000176. The zero-order valence-electron chi connectivity index (χ0n) is 13.3. The lowest BCUT2D eigenvalue weighted by molar-refractivity contribution is 0.384. The molecule has 2 fully saturated rings. The zero-order valence-corrected chi connectivity index (χ0v) is 15.8. The van der Waals surface area contributed by atoms with Crippen molar-refractivity contribution < 1.29 is 8.42 Å². The fourth-order valence-electron chi connectivity index (χ4n) is 3.12. The fraction of sp³-hybridized carbons (Fsp3) is 0.733. The van der Waals surface area contributed by atoms with Gasteiger partial charge in [-0.25, -0.2) is 8.42 Å². The van der Waals surface area contributed by atoms with Gasteiger partial charge in [0.1, 0.15) is 4.21 Å². The number of hydrogen-bond donors (Lipinski definition) is 1. The summed E-state index contributed by atoms with van der Waals surface area (Å²) < 4.78 is 27.9. The van der Waals surface area contributed by atoms with E-state index in [1.165, 1.54) is 17.8 Å². The van der Waals surface area contributed by atoms with E-state index in [-0.39, 0.29) is 17.8 Å². The summed E-state index contributed by atoms with van der Waals surface area (Å²) in [6.07, 6.45) is 3.20. The molecule has 2 bridgehead atoms. The molecule has 2 aliphatic heterocycles. The lowest BCUT2D eigenvalue weighted by Crippen LogP contribution is -2.38. The summed E-state index contributed by atoms with van der Waals surface area (Å²) in [5.41, 5.74) is -0.00214. The van der Waals surface area contributed by atoms with Crippen LogP contribution in [-0.4, -0.2) is 37.9 Å². The summed E-state index contributed by atoms with van der Waals surface area (Å²) in [6.45, 7) is 7.60. The van der Waals surface area contributed by atoms with Crippen LogP contribution in [0.4, 0.5) is 0 Å². The quantitative estimate of drug-likeness (QED) is 0.877. The summed E-state index contributed by atoms with van der Waals surface area (Å²) in [4.78, 5) is 1.12. The molecule has 0 spiro atoms. The number of nitrogens with one attached hydrogen (secondary N) is 1. The van der Waals surface area contributed by atoms with Crippen molar-refractivity contribution >= 4 is 33.8 Å². The molecule has 0 aliphatic carbocycles. The SMILES string of the molecule is CC(C)(C)c1ccc(S(=O)(=O)N2CCC3CCC(C2)N3)s1.Cl. The molecule has 2 aliphatic rings. The second-order valence-corrected chi connectivity index (χ2v) is 10.4. The maximum absolute atomic E-state index is 12.9. The second-order valence-electron chi connectivity index (χ2n) is 7.16. The second kappa shape index (κ2) is 6.40. The van der Waals surface area contributed by atoms with E-state index in [1.807, 2.05) is 6.07 Å². The molecule has 7 heteroatoms. The van der Waals surface area contributed by atoms with Crippen molar-refractivity contribution in [2.75, 3.05) is 13.1 Å². The number of halogens is 1. The molecule has 0 saturated carbocycles. The lowest BCUT2D eigenvalue weighted by atomic mass is 9.95. The van der Waals surface area contributed by atoms with Crippen LogP contribution in [0.1, 0.15) is 44.9 Å². The van der Waals surface area contributed by atoms with E-state index in [2.05, 4.69) is 26.1 Å². The molecule has 2 atom stereocenters. The Bertz CT molecular complexity index is 622. The van der Waals surface area contributed by atoms with E-state index in [0.29, 0.717) is 29.4 Å². The van der Waals surface area contributed by atoms with Crippen LogP contribution in [0.5, 0.6) is 0 Å². The van der Waals surface area contributed by atoms with E-state index < -0.39 is 10.0 Å². The predicted octanol–water partition coefficient (Wildman–Crippen LogP) is 2.98. The summed E-state index contributed by atoms with van der Waals surface area (Å²) >= 11 is 1.42. The van der Waals surface area contributed by atoms with Crippen LogP contribution < -0.4 is 5.32 Å². The van der Waals surface area contributed by atoms with Crippen molar-refractivity contribution in [3.05, 3.63) is 17.0 Å². The maximum Gasteiger partial charge on any atom is 0.252 e. The molecule has 1 aromatic rings. The average molecular weight is 365 g/mol. The maximum atomic E-state index is 12.9. The first-order chi connectivity index (χ1) is 9.77. The van der Waals surface area contributed by atoms with Gasteiger partial charge in [0.05, 0.1) is 0 Å². The molecule has 22 heavy (non-hydrogen) atoms. The van der Waals surface area contributed by atoms with Crippen molar-refractivity contribution in [3.8, 4) is 0 Å². The molecule has 4 nitrogen and oxygen atoms in total. The molecule has 1 aromatic heterocycles. The van der Waals surface area contributed by atoms with Gasteiger partial charge in [0.2, 0.25) is 0 Å². The molecular formula is C15H25ClN2O2S2. The van der Waals surface area contributed by atoms with Crippen molar-refractivity contribution in [1.82, 2.24) is 9.62 Å². The van der Waals surface area contributed by atoms with Gasteiger partial charge in [-0.15, -0.1) is 23.7 Å². The van der Waals surface area contributed by atoms with Gasteiger partial charge in [-0.2, -0.15) is 4.31 Å². The number of thiophene rings is 1. The first kappa shape index (κ1) is 18.2. The lowest BCUT2D eigenvalue weighted by Gasteiger charge is -2.23. The van der Waals surface area contributed by atoms with Crippen LogP contribution in [0, 0.1) is 0 Å². The Morgan fingerprint density at radius 1 is 1.18 bits per heavy atom. The van der Waals surface area contributed by atoms with Gasteiger partial charge in [-0.3, -0.25) is 0 Å². The molecule has 0 radical (unpaired) electrons. The van der Waals surface area contributed by atoms with Crippen molar-refractivity contribution in [2.45, 2.75) is 61.7 Å². The third-order valence-electron chi connectivity index (χ3n) is 4.40. The molecular weight excluding hydrogens is 340 g/mol. The van der Waals surface area contributed by atoms with Crippen molar-refractivity contribution in [2.24, 2.45) is 0 Å². The van der Waals surface area contributed by atoms with Gasteiger partial charge in [0, 0.05) is 30.1 Å². The van der Waals surface area contributed by atoms with Gasteiger partial charge < -0.3 is 5.32 Å². The summed E-state index contributed by atoms with van der Waals surface area (Å²) in [5.74, 6) is 0. The average Bonchev–Trinajstić information content (AvgIpc) is 2.95. The van der Waals surface area contributed by atoms with Crippen LogP contribution in [-0.2, 0) is 15.4 Å². The molecule has 3 heterocycles. The number of hydrogen-bond acceptors (Lipinski definition) is 4. The first-order valence-corrected chi connectivity index (χ1v) is 9.89. The van der Waals surface area contributed by atoms with E-state index in [0.717, 1.165) is 17.7 Å². The monoisotopic (exact) mass is 364 g/mol. The highest BCUT2D eigenvalue weighted by atomic mass is 35.5. The van der Waals surface area contributed by atoms with Gasteiger partial charge in [-0.1, -0.05) is 20.8 Å². The Morgan fingerprint density at radius 3 is 2.50 bits per heavy atom. The highest BCUT2D eigenvalue weighted by molar-refractivity contribution is 7.91. The smallest absolute Gasteiger partial charge is 0.252 e. The largest absolute Gasteiger partial charge is 0.310 e. The molecule has 1 N–H and O–H groups in total. The molecule has 126 valence electrons. The van der Waals surface area contributed by atoms with Crippen LogP contribution in [0.15, 0.2) is 16.3 Å². The number of sulfonamides is 1. The highest BCUT2D eigenvalue weighted by Gasteiger charge is 2.35.